The molecule has 0 aliphatic carbocycles. The summed E-state index contributed by atoms with van der Waals surface area (Å²) in [5.41, 5.74) is 4.60. The first kappa shape index (κ1) is 25.9. The molecule has 0 bridgehead atoms. The summed E-state index contributed by atoms with van der Waals surface area (Å²) in [5.74, 6) is -0.959. The van der Waals surface area contributed by atoms with E-state index in [1.165, 1.54) is 6.07 Å². The smallest absolute Gasteiger partial charge is 0.308 e. The van der Waals surface area contributed by atoms with Crippen molar-refractivity contribution in [3.05, 3.63) is 137 Å². The second-order valence-corrected chi connectivity index (χ2v) is 9.76. The first-order valence-corrected chi connectivity index (χ1v) is 13.2. The lowest BCUT2D eigenvalue weighted by Gasteiger charge is -2.25. The molecule has 2 N–H and O–H groups in total. The van der Waals surface area contributed by atoms with E-state index in [1.807, 2.05) is 73.7 Å². The molecule has 0 spiro atoms. The molecule has 6 rings (SSSR count). The van der Waals surface area contributed by atoms with Crippen LogP contribution in [0.1, 0.15) is 22.4 Å². The molecular formula is C33H26FN5O2. The van der Waals surface area contributed by atoms with Crippen molar-refractivity contribution in [2.24, 2.45) is 4.99 Å². The average Bonchev–Trinajstić information content (AvgIpc) is 3.08. The quantitative estimate of drug-likeness (QED) is 0.276. The van der Waals surface area contributed by atoms with Gasteiger partial charge in [-0.1, -0.05) is 66.7 Å². The number of hydrogen-bond acceptors (Lipinski definition) is 4. The first-order chi connectivity index (χ1) is 20.0. The number of carbonyl (C=O) groups is 2. The van der Waals surface area contributed by atoms with E-state index in [-0.39, 0.29) is 17.8 Å². The number of halogens is 1. The second kappa shape index (κ2) is 11.0. The zero-order valence-electron chi connectivity index (χ0n) is 22.2. The topological polar surface area (TPSA) is 86.7 Å². The van der Waals surface area contributed by atoms with E-state index in [9.17, 15) is 9.59 Å². The van der Waals surface area contributed by atoms with E-state index >= 15 is 4.39 Å². The van der Waals surface area contributed by atoms with Crippen molar-refractivity contribution in [3.63, 3.8) is 0 Å². The number of pyridine rings is 1. The van der Waals surface area contributed by atoms with E-state index in [2.05, 4.69) is 15.6 Å². The van der Waals surface area contributed by atoms with Gasteiger partial charge in [0, 0.05) is 22.2 Å². The van der Waals surface area contributed by atoms with Crippen molar-refractivity contribution < 1.29 is 14.0 Å². The highest BCUT2D eigenvalue weighted by atomic mass is 19.1. The molecule has 5 aromatic rings. The summed E-state index contributed by atoms with van der Waals surface area (Å²) < 4.78 is 15.1. The van der Waals surface area contributed by atoms with E-state index in [4.69, 9.17) is 4.98 Å². The molecule has 0 saturated heterocycles. The third-order valence-corrected chi connectivity index (χ3v) is 6.86. The van der Waals surface area contributed by atoms with Gasteiger partial charge in [-0.15, -0.1) is 0 Å². The molecule has 0 saturated carbocycles. The highest BCUT2D eigenvalue weighted by Gasteiger charge is 2.34. The number of aromatic nitrogens is 1. The summed E-state index contributed by atoms with van der Waals surface area (Å²) in [6.07, 6.45) is -1.33. The number of anilines is 2. The van der Waals surface area contributed by atoms with Crippen LogP contribution in [0.15, 0.2) is 114 Å². The van der Waals surface area contributed by atoms with Crippen LogP contribution in [0.4, 0.5) is 20.6 Å². The van der Waals surface area contributed by atoms with Gasteiger partial charge in [-0.25, -0.2) is 14.2 Å². The van der Waals surface area contributed by atoms with Crippen LogP contribution in [0.2, 0.25) is 0 Å². The fraction of sp³-hybridized carbons (Fsp3) is 0.0909. The minimum atomic E-state index is -1.33. The molecule has 4 aromatic carbocycles. The van der Waals surface area contributed by atoms with Gasteiger partial charge in [0.05, 0.1) is 29.2 Å². The van der Waals surface area contributed by atoms with Crippen molar-refractivity contribution in [2.75, 3.05) is 10.2 Å². The van der Waals surface area contributed by atoms with Gasteiger partial charge in [0.2, 0.25) is 6.17 Å². The summed E-state index contributed by atoms with van der Waals surface area (Å²) in [6.45, 7) is 2.04. The number of aliphatic imine (C=N–C) groups is 1. The second-order valence-electron chi connectivity index (χ2n) is 9.76. The molecule has 1 unspecified atom stereocenters. The highest BCUT2D eigenvalue weighted by molar-refractivity contribution is 6.20. The largest absolute Gasteiger partial charge is 0.321 e. The number of benzene rings is 4. The molecule has 8 heteroatoms. The fourth-order valence-corrected chi connectivity index (χ4v) is 4.93. The van der Waals surface area contributed by atoms with Gasteiger partial charge >= 0.3 is 6.03 Å². The summed E-state index contributed by atoms with van der Waals surface area (Å²) in [4.78, 5) is 38.2. The monoisotopic (exact) mass is 543 g/mol. The Hall–Kier alpha value is -5.37. The van der Waals surface area contributed by atoms with Crippen LogP contribution < -0.4 is 15.5 Å². The number of nitrogens with zero attached hydrogens (tertiary/aromatic N) is 3. The highest BCUT2D eigenvalue weighted by Crippen LogP contribution is 2.30. The number of para-hydroxylation sites is 2. The first-order valence-electron chi connectivity index (χ1n) is 13.2. The van der Waals surface area contributed by atoms with Gasteiger partial charge in [-0.2, -0.15) is 0 Å². The number of rotatable bonds is 5. The van der Waals surface area contributed by atoms with Crippen LogP contribution in [0.5, 0.6) is 0 Å². The number of amides is 3. The van der Waals surface area contributed by atoms with Crippen LogP contribution in [0.3, 0.4) is 0 Å². The number of hydrogen-bond donors (Lipinski definition) is 2. The van der Waals surface area contributed by atoms with Crippen molar-refractivity contribution in [2.45, 2.75) is 19.6 Å². The normalized spacial score (nSPS) is 14.7. The molecule has 0 radical (unpaired) electrons. The number of fused-ring (bicyclic) bond motifs is 2. The van der Waals surface area contributed by atoms with Crippen molar-refractivity contribution in [1.29, 1.82) is 0 Å². The predicted molar refractivity (Wildman–Crippen MR) is 159 cm³/mol. The molecule has 1 atom stereocenters. The van der Waals surface area contributed by atoms with Crippen LogP contribution in [-0.4, -0.2) is 28.8 Å². The van der Waals surface area contributed by atoms with E-state index < -0.39 is 23.9 Å². The van der Waals surface area contributed by atoms with Gasteiger partial charge in [0.25, 0.3) is 5.91 Å². The lowest BCUT2D eigenvalue weighted by molar-refractivity contribution is -0.120. The number of aryl methyl sites for hydroxylation is 1. The molecule has 3 amide bonds. The van der Waals surface area contributed by atoms with Crippen LogP contribution in [-0.2, 0) is 11.3 Å². The molecule has 1 aliphatic rings. The number of nitrogens with one attached hydrogen (secondary N) is 2. The molecule has 0 fully saturated rings. The minimum Gasteiger partial charge on any atom is -0.308 e. The molecule has 2 heterocycles. The Balaban J connectivity index is 1.42. The Morgan fingerprint density at radius 1 is 0.878 bits per heavy atom. The zero-order chi connectivity index (χ0) is 28.3. The molecule has 1 aromatic heterocycles. The maximum Gasteiger partial charge on any atom is 0.321 e. The third-order valence-electron chi connectivity index (χ3n) is 6.86. The Morgan fingerprint density at radius 3 is 2.46 bits per heavy atom. The lowest BCUT2D eigenvalue weighted by Crippen LogP contribution is -2.48. The zero-order valence-corrected chi connectivity index (χ0v) is 22.2. The van der Waals surface area contributed by atoms with Crippen molar-refractivity contribution in [3.8, 4) is 0 Å². The molecular weight excluding hydrogens is 517 g/mol. The molecule has 7 nitrogen and oxygen atoms in total. The number of benzodiazepines with no additional fused rings is 1. The summed E-state index contributed by atoms with van der Waals surface area (Å²) in [5, 5.41) is 6.45. The van der Waals surface area contributed by atoms with Gasteiger partial charge in [0.15, 0.2) is 0 Å². The Bertz CT molecular complexity index is 1820. The maximum absolute atomic E-state index is 15.1. The Labute approximate surface area is 236 Å². The van der Waals surface area contributed by atoms with Crippen molar-refractivity contribution in [1.82, 2.24) is 10.3 Å². The minimum absolute atomic E-state index is 0.123. The third kappa shape index (κ3) is 5.40. The van der Waals surface area contributed by atoms with Gasteiger partial charge in [0.1, 0.15) is 5.82 Å². The van der Waals surface area contributed by atoms with Crippen LogP contribution in [0, 0.1) is 12.7 Å². The lowest BCUT2D eigenvalue weighted by atomic mass is 9.99. The van der Waals surface area contributed by atoms with E-state index in [0.29, 0.717) is 22.6 Å². The van der Waals surface area contributed by atoms with Crippen LogP contribution in [0.25, 0.3) is 10.9 Å². The summed E-state index contributed by atoms with van der Waals surface area (Å²) >= 11 is 0. The molecule has 1 aliphatic heterocycles. The standard InChI is InChI=1S/C33H26FN5O2/c1-21-9-8-11-23(19-21)36-33(41)38-31-32(40)39(20-24-18-17-22-10-2-6-15-28(22)35-24)29-16-7-4-13-26(29)30(37-31)25-12-3-5-14-27(25)34/h2-19,31H,20H2,1H3,(H2,36,38,41). The van der Waals surface area contributed by atoms with Gasteiger partial charge < -0.3 is 15.5 Å². The SMILES string of the molecule is Cc1cccc(NC(=O)NC2N=C(c3ccccc3F)c3ccccc3N(Cc3ccc4ccccc4n3)C2=O)c1. The summed E-state index contributed by atoms with van der Waals surface area (Å²) in [7, 11) is 0. The van der Waals surface area contributed by atoms with E-state index in [0.717, 1.165) is 16.5 Å². The number of carbonyl (C=O) groups excluding carboxylic acids is 2. The molecule has 41 heavy (non-hydrogen) atoms. The number of urea groups is 1. The summed E-state index contributed by atoms with van der Waals surface area (Å²) in [6, 6.07) is 31.7. The van der Waals surface area contributed by atoms with Gasteiger partial charge in [-0.05, 0) is 55.0 Å². The molecule has 202 valence electrons. The maximum atomic E-state index is 15.1. The Morgan fingerprint density at radius 2 is 1.63 bits per heavy atom. The van der Waals surface area contributed by atoms with E-state index in [1.54, 1.807) is 41.3 Å². The van der Waals surface area contributed by atoms with Crippen LogP contribution >= 0.6 is 0 Å². The fourth-order valence-electron chi connectivity index (χ4n) is 4.93. The average molecular weight is 544 g/mol. The van der Waals surface area contributed by atoms with Crippen molar-refractivity contribution >= 4 is 39.9 Å². The predicted octanol–water partition coefficient (Wildman–Crippen LogP) is 6.21. The van der Waals surface area contributed by atoms with Gasteiger partial charge in [-0.3, -0.25) is 9.78 Å². The Kier molecular flexibility index (Phi) is 6.95.